The molecule has 3 rings (SSSR count). The largest absolute Gasteiger partial charge is 0.368 e. The molecule has 2 atom stereocenters. The molecule has 2 aromatic rings. The van der Waals surface area contributed by atoms with Crippen LogP contribution < -0.4 is 5.32 Å². The summed E-state index contributed by atoms with van der Waals surface area (Å²) in [5.74, 6) is 1.06. The van der Waals surface area contributed by atoms with Gasteiger partial charge >= 0.3 is 0 Å². The van der Waals surface area contributed by atoms with Crippen molar-refractivity contribution >= 4 is 23.1 Å². The van der Waals surface area contributed by atoms with Gasteiger partial charge in [-0.3, -0.25) is 9.69 Å². The third-order valence-electron chi connectivity index (χ3n) is 3.83. The molecule has 1 aliphatic heterocycles. The van der Waals surface area contributed by atoms with E-state index >= 15 is 0 Å². The van der Waals surface area contributed by atoms with Crippen LogP contribution in [0.25, 0.3) is 0 Å². The van der Waals surface area contributed by atoms with E-state index in [1.807, 2.05) is 12.3 Å². The van der Waals surface area contributed by atoms with Crippen molar-refractivity contribution in [2.45, 2.75) is 32.4 Å². The Hall–Kier alpha value is -1.77. The molecular formula is C15H20N4O3S. The number of rotatable bonds is 5. The summed E-state index contributed by atoms with van der Waals surface area (Å²) in [7, 11) is 0. The molecule has 8 heteroatoms. The fourth-order valence-electron chi connectivity index (χ4n) is 2.74. The summed E-state index contributed by atoms with van der Waals surface area (Å²) >= 11 is 1.58. The first-order valence-electron chi connectivity index (χ1n) is 7.66. The van der Waals surface area contributed by atoms with E-state index in [9.17, 15) is 4.79 Å². The van der Waals surface area contributed by atoms with E-state index in [0.29, 0.717) is 31.2 Å². The molecule has 1 amide bonds. The summed E-state index contributed by atoms with van der Waals surface area (Å²) in [5, 5.41) is 9.53. The summed E-state index contributed by atoms with van der Waals surface area (Å²) in [4.78, 5) is 19.0. The minimum Gasteiger partial charge on any atom is -0.368 e. The van der Waals surface area contributed by atoms with Gasteiger partial charge in [-0.25, -0.2) is 4.98 Å². The van der Waals surface area contributed by atoms with Crippen LogP contribution in [-0.2, 0) is 9.53 Å². The van der Waals surface area contributed by atoms with Crippen molar-refractivity contribution in [2.24, 2.45) is 0 Å². The zero-order valence-corrected chi connectivity index (χ0v) is 14.0. The van der Waals surface area contributed by atoms with Crippen LogP contribution in [0, 0.1) is 6.92 Å². The van der Waals surface area contributed by atoms with Crippen LogP contribution in [0.4, 0.5) is 5.82 Å². The van der Waals surface area contributed by atoms with E-state index in [1.165, 1.54) is 0 Å². The quantitative estimate of drug-likeness (QED) is 0.902. The van der Waals surface area contributed by atoms with Crippen LogP contribution in [0.3, 0.4) is 0 Å². The van der Waals surface area contributed by atoms with Gasteiger partial charge in [-0.15, -0.1) is 11.3 Å². The predicted molar refractivity (Wildman–Crippen MR) is 86.3 cm³/mol. The lowest BCUT2D eigenvalue weighted by molar-refractivity contribution is -0.125. The lowest BCUT2D eigenvalue weighted by Crippen LogP contribution is -2.49. The highest BCUT2D eigenvalue weighted by molar-refractivity contribution is 7.09. The number of hydrogen-bond acceptors (Lipinski definition) is 7. The molecule has 124 valence electrons. The summed E-state index contributed by atoms with van der Waals surface area (Å²) in [6.45, 7) is 5.78. The van der Waals surface area contributed by atoms with Gasteiger partial charge in [0.15, 0.2) is 5.82 Å². The fraction of sp³-hybridized carbons (Fsp3) is 0.533. The topological polar surface area (TPSA) is 80.5 Å². The first-order valence-corrected chi connectivity index (χ1v) is 8.54. The highest BCUT2D eigenvalue weighted by Gasteiger charge is 2.31. The Labute approximate surface area is 138 Å². The Balaban J connectivity index is 1.66. The predicted octanol–water partition coefficient (Wildman–Crippen LogP) is 2.23. The third-order valence-corrected chi connectivity index (χ3v) is 4.70. The molecule has 0 spiro atoms. The molecule has 2 aromatic heterocycles. The normalized spacial score (nSPS) is 20.3. The van der Waals surface area contributed by atoms with Gasteiger partial charge in [0.1, 0.15) is 16.9 Å². The average molecular weight is 336 g/mol. The van der Waals surface area contributed by atoms with Crippen LogP contribution in [-0.4, -0.2) is 46.7 Å². The monoisotopic (exact) mass is 336 g/mol. The number of aromatic nitrogens is 2. The van der Waals surface area contributed by atoms with Crippen molar-refractivity contribution in [3.8, 4) is 0 Å². The summed E-state index contributed by atoms with van der Waals surface area (Å²) in [5.41, 5.74) is 0. The van der Waals surface area contributed by atoms with Gasteiger partial charge in [0.2, 0.25) is 5.91 Å². The van der Waals surface area contributed by atoms with Crippen LogP contribution >= 0.6 is 11.3 Å². The molecule has 3 heterocycles. The molecule has 0 aliphatic carbocycles. The number of anilines is 1. The Morgan fingerprint density at radius 3 is 3.13 bits per heavy atom. The van der Waals surface area contributed by atoms with Crippen molar-refractivity contribution in [3.63, 3.8) is 0 Å². The summed E-state index contributed by atoms with van der Waals surface area (Å²) < 4.78 is 10.8. The van der Waals surface area contributed by atoms with Crippen LogP contribution in [0.15, 0.2) is 22.2 Å². The van der Waals surface area contributed by atoms with Crippen molar-refractivity contribution in [1.29, 1.82) is 0 Å². The molecule has 0 saturated carbocycles. The fourth-order valence-corrected chi connectivity index (χ4v) is 3.42. The number of thiazole rings is 1. The van der Waals surface area contributed by atoms with E-state index < -0.39 is 0 Å². The molecule has 1 saturated heterocycles. The zero-order valence-electron chi connectivity index (χ0n) is 13.2. The van der Waals surface area contributed by atoms with Gasteiger partial charge in [0.05, 0.1) is 12.6 Å². The molecule has 1 N–H and O–H groups in total. The van der Waals surface area contributed by atoms with Gasteiger partial charge in [-0.1, -0.05) is 12.1 Å². The summed E-state index contributed by atoms with van der Waals surface area (Å²) in [6.07, 6.45) is 2.42. The summed E-state index contributed by atoms with van der Waals surface area (Å²) in [6, 6.07) is 1.49. The van der Waals surface area contributed by atoms with E-state index in [1.54, 1.807) is 30.5 Å². The Bertz CT molecular complexity index is 643. The highest BCUT2D eigenvalue weighted by atomic mass is 32.1. The molecule has 23 heavy (non-hydrogen) atoms. The third kappa shape index (κ3) is 3.77. The number of aryl methyl sites for hydroxylation is 1. The molecule has 0 radical (unpaired) electrons. The number of carbonyl (C=O) groups is 1. The molecular weight excluding hydrogens is 316 g/mol. The lowest BCUT2D eigenvalue weighted by atomic mass is 10.1. The highest BCUT2D eigenvalue weighted by Crippen LogP contribution is 2.25. The minimum absolute atomic E-state index is 0.0689. The van der Waals surface area contributed by atoms with Crippen molar-refractivity contribution in [1.82, 2.24) is 15.0 Å². The second kappa shape index (κ2) is 7.20. The number of amides is 1. The number of nitrogens with one attached hydrogen (secondary N) is 1. The molecule has 1 fully saturated rings. The SMILES string of the molecule is CC[C@@H](C(=O)Nc1cc(C)on1)N1CCO[C@H](c2nccs2)C1. The van der Waals surface area contributed by atoms with E-state index in [2.05, 4.69) is 20.4 Å². The van der Waals surface area contributed by atoms with Crippen molar-refractivity contribution in [2.75, 3.05) is 25.0 Å². The second-order valence-electron chi connectivity index (χ2n) is 5.46. The van der Waals surface area contributed by atoms with E-state index in [4.69, 9.17) is 9.26 Å². The maximum atomic E-state index is 12.6. The molecule has 0 unspecified atom stereocenters. The first-order chi connectivity index (χ1) is 11.2. The maximum absolute atomic E-state index is 12.6. The minimum atomic E-state index is -0.224. The second-order valence-corrected chi connectivity index (χ2v) is 6.39. The van der Waals surface area contributed by atoms with E-state index in [0.717, 1.165) is 11.6 Å². The van der Waals surface area contributed by atoms with Gasteiger partial charge in [0, 0.05) is 30.7 Å². The maximum Gasteiger partial charge on any atom is 0.242 e. The Morgan fingerprint density at radius 2 is 2.48 bits per heavy atom. The lowest BCUT2D eigenvalue weighted by Gasteiger charge is -2.36. The van der Waals surface area contributed by atoms with Crippen LogP contribution in [0.1, 0.15) is 30.2 Å². The zero-order chi connectivity index (χ0) is 16.2. The number of nitrogens with zero attached hydrogens (tertiary/aromatic N) is 3. The standard InChI is InChI=1S/C15H20N4O3S/c1-3-11(14(20)17-13-8-10(2)22-18-13)19-5-6-21-12(9-19)15-16-4-7-23-15/h4,7-8,11-12H,3,5-6,9H2,1-2H3,(H,17,18,20)/t11-,12-/m0/s1. The smallest absolute Gasteiger partial charge is 0.242 e. The Kier molecular flexibility index (Phi) is 5.04. The molecule has 0 aromatic carbocycles. The van der Waals surface area contributed by atoms with Crippen molar-refractivity contribution in [3.05, 3.63) is 28.4 Å². The molecule has 1 aliphatic rings. The number of morpholine rings is 1. The molecule has 7 nitrogen and oxygen atoms in total. The first kappa shape index (κ1) is 16.1. The number of carbonyl (C=O) groups excluding carboxylic acids is 1. The van der Waals surface area contributed by atoms with E-state index in [-0.39, 0.29) is 18.1 Å². The Morgan fingerprint density at radius 1 is 1.61 bits per heavy atom. The van der Waals surface area contributed by atoms with Gasteiger partial charge < -0.3 is 14.6 Å². The van der Waals surface area contributed by atoms with Gasteiger partial charge in [-0.2, -0.15) is 0 Å². The molecule has 0 bridgehead atoms. The number of hydrogen-bond donors (Lipinski definition) is 1. The number of ether oxygens (including phenoxy) is 1. The van der Waals surface area contributed by atoms with Gasteiger partial charge in [-0.05, 0) is 13.3 Å². The van der Waals surface area contributed by atoms with Crippen molar-refractivity contribution < 1.29 is 14.1 Å². The van der Waals surface area contributed by atoms with Crippen LogP contribution in [0.5, 0.6) is 0 Å². The average Bonchev–Trinajstić information content (AvgIpc) is 3.20. The van der Waals surface area contributed by atoms with Gasteiger partial charge in [0.25, 0.3) is 0 Å². The van der Waals surface area contributed by atoms with Crippen LogP contribution in [0.2, 0.25) is 0 Å².